The molecule has 0 bridgehead atoms. The van der Waals surface area contributed by atoms with E-state index in [-0.39, 0.29) is 17.6 Å². The monoisotopic (exact) mass is 459 g/mol. The Balaban J connectivity index is 1.13. The number of halogens is 1. The summed E-state index contributed by atoms with van der Waals surface area (Å²) in [6.45, 7) is 6.67. The van der Waals surface area contributed by atoms with Crippen LogP contribution < -0.4 is 9.80 Å². The second-order valence-electron chi connectivity index (χ2n) is 9.14. The number of nitrogens with zero attached hydrogens (tertiary/aromatic N) is 5. The molecule has 3 aromatic rings. The lowest BCUT2D eigenvalue weighted by molar-refractivity contribution is -0.136. The third-order valence-corrected chi connectivity index (χ3v) is 7.02. The number of hydrogen-bond acceptors (Lipinski definition) is 5. The predicted octanol–water partition coefficient (Wildman–Crippen LogP) is 4.16. The summed E-state index contributed by atoms with van der Waals surface area (Å²) in [6, 6.07) is 18.8. The molecule has 0 N–H and O–H groups in total. The zero-order chi connectivity index (χ0) is 23.5. The second-order valence-corrected chi connectivity index (χ2v) is 9.14. The van der Waals surface area contributed by atoms with Crippen LogP contribution in [-0.4, -0.2) is 60.3 Å². The van der Waals surface area contributed by atoms with Crippen LogP contribution in [0, 0.1) is 18.7 Å². The van der Waals surface area contributed by atoms with Gasteiger partial charge >= 0.3 is 0 Å². The van der Waals surface area contributed by atoms with E-state index in [1.54, 1.807) is 12.1 Å². The summed E-state index contributed by atoms with van der Waals surface area (Å²) in [4.78, 5) is 19.6. The number of anilines is 2. The molecule has 0 radical (unpaired) electrons. The number of hydrogen-bond donors (Lipinski definition) is 0. The topological polar surface area (TPSA) is 52.6 Å². The van der Waals surface area contributed by atoms with Gasteiger partial charge in [0.2, 0.25) is 5.91 Å². The van der Waals surface area contributed by atoms with E-state index >= 15 is 0 Å². The van der Waals surface area contributed by atoms with Gasteiger partial charge in [-0.05, 0) is 61.7 Å². The van der Waals surface area contributed by atoms with Crippen LogP contribution in [0.2, 0.25) is 0 Å². The highest BCUT2D eigenvalue weighted by molar-refractivity contribution is 5.79. The summed E-state index contributed by atoms with van der Waals surface area (Å²) >= 11 is 0. The van der Waals surface area contributed by atoms with Gasteiger partial charge in [0.15, 0.2) is 5.82 Å². The predicted molar refractivity (Wildman–Crippen MR) is 132 cm³/mol. The van der Waals surface area contributed by atoms with E-state index in [0.717, 1.165) is 61.8 Å². The number of benzene rings is 2. The Labute approximate surface area is 200 Å². The molecule has 2 saturated heterocycles. The first-order valence-electron chi connectivity index (χ1n) is 12.0. The average molecular weight is 460 g/mol. The first-order chi connectivity index (χ1) is 16.6. The summed E-state index contributed by atoms with van der Waals surface area (Å²) in [6.07, 6.45) is 1.66. The van der Waals surface area contributed by atoms with Gasteiger partial charge in [-0.25, -0.2) is 4.39 Å². The summed E-state index contributed by atoms with van der Waals surface area (Å²) in [5.74, 6) is 0.973. The first-order valence-corrected chi connectivity index (χ1v) is 12.0. The van der Waals surface area contributed by atoms with Crippen molar-refractivity contribution < 1.29 is 9.18 Å². The number of amides is 1. The number of aryl methyl sites for hydroxylation is 1. The number of carbonyl (C=O) groups is 1. The molecule has 5 rings (SSSR count). The minimum Gasteiger partial charge on any atom is -0.368 e. The van der Waals surface area contributed by atoms with Gasteiger partial charge in [-0.15, -0.1) is 10.2 Å². The van der Waals surface area contributed by atoms with Crippen molar-refractivity contribution in [2.75, 3.05) is 49.1 Å². The van der Waals surface area contributed by atoms with Gasteiger partial charge in [-0.2, -0.15) is 0 Å². The average Bonchev–Trinajstić information content (AvgIpc) is 2.89. The van der Waals surface area contributed by atoms with E-state index in [2.05, 4.69) is 39.1 Å². The number of aromatic nitrogens is 2. The van der Waals surface area contributed by atoms with E-state index in [1.807, 2.05) is 29.2 Å². The number of carbonyl (C=O) groups excluding carboxylic acids is 1. The van der Waals surface area contributed by atoms with E-state index < -0.39 is 0 Å². The number of piperidine rings is 1. The Morgan fingerprint density at radius 1 is 0.824 bits per heavy atom. The van der Waals surface area contributed by atoms with E-state index in [9.17, 15) is 9.18 Å². The Morgan fingerprint density at radius 3 is 2.18 bits per heavy atom. The van der Waals surface area contributed by atoms with Crippen LogP contribution in [0.1, 0.15) is 18.4 Å². The second kappa shape index (κ2) is 9.79. The van der Waals surface area contributed by atoms with Gasteiger partial charge in [0.25, 0.3) is 0 Å². The van der Waals surface area contributed by atoms with Crippen LogP contribution in [-0.2, 0) is 4.79 Å². The molecule has 2 aliphatic rings. The van der Waals surface area contributed by atoms with Crippen molar-refractivity contribution >= 4 is 17.4 Å². The zero-order valence-electron chi connectivity index (χ0n) is 19.5. The Kier molecular flexibility index (Phi) is 6.43. The first kappa shape index (κ1) is 22.3. The largest absolute Gasteiger partial charge is 0.368 e. The molecule has 176 valence electrons. The molecule has 2 aliphatic heterocycles. The van der Waals surface area contributed by atoms with Crippen molar-refractivity contribution in [3.63, 3.8) is 0 Å². The minimum atomic E-state index is -0.225. The summed E-state index contributed by atoms with van der Waals surface area (Å²) < 4.78 is 13.2. The Bertz CT molecular complexity index is 1120. The lowest BCUT2D eigenvalue weighted by Gasteiger charge is -2.39. The molecular formula is C27H30FN5O. The van der Waals surface area contributed by atoms with Crippen molar-refractivity contribution in [1.82, 2.24) is 15.1 Å². The van der Waals surface area contributed by atoms with Crippen LogP contribution in [0.3, 0.4) is 0 Å². The van der Waals surface area contributed by atoms with Crippen molar-refractivity contribution in [3.05, 3.63) is 72.0 Å². The molecule has 7 heteroatoms. The quantitative estimate of drug-likeness (QED) is 0.587. The van der Waals surface area contributed by atoms with Crippen LogP contribution >= 0.6 is 0 Å². The van der Waals surface area contributed by atoms with E-state index in [0.29, 0.717) is 13.1 Å². The molecule has 6 nitrogen and oxygen atoms in total. The van der Waals surface area contributed by atoms with Gasteiger partial charge < -0.3 is 14.7 Å². The van der Waals surface area contributed by atoms with Gasteiger partial charge in [0.05, 0.1) is 5.69 Å². The lowest BCUT2D eigenvalue weighted by Crippen LogP contribution is -2.51. The van der Waals surface area contributed by atoms with E-state index in [4.69, 9.17) is 0 Å². The smallest absolute Gasteiger partial charge is 0.225 e. The third-order valence-electron chi connectivity index (χ3n) is 7.02. The number of piperazine rings is 1. The number of rotatable bonds is 4. The van der Waals surface area contributed by atoms with Crippen LogP contribution in [0.4, 0.5) is 15.9 Å². The Hall–Kier alpha value is -3.48. The van der Waals surface area contributed by atoms with E-state index in [1.165, 1.54) is 17.7 Å². The van der Waals surface area contributed by atoms with Crippen molar-refractivity contribution in [3.8, 4) is 11.3 Å². The molecule has 0 unspecified atom stereocenters. The molecule has 2 aromatic carbocycles. The SMILES string of the molecule is Cc1ccccc1-c1ccc(N2CCC(C(=O)N3CCN(c4ccc(F)cc4)CC3)CC2)nn1. The third kappa shape index (κ3) is 4.74. The molecule has 3 heterocycles. The molecule has 1 amide bonds. The molecule has 1 aromatic heterocycles. The maximum Gasteiger partial charge on any atom is 0.225 e. The molecular weight excluding hydrogens is 429 g/mol. The van der Waals surface area contributed by atoms with Gasteiger partial charge in [0.1, 0.15) is 5.82 Å². The molecule has 2 fully saturated rings. The molecule has 34 heavy (non-hydrogen) atoms. The normalized spacial score (nSPS) is 17.2. The van der Waals surface area contributed by atoms with Crippen LogP contribution in [0.25, 0.3) is 11.3 Å². The van der Waals surface area contributed by atoms with Gasteiger partial charge in [-0.3, -0.25) is 4.79 Å². The summed E-state index contributed by atoms with van der Waals surface area (Å²) in [5.41, 5.74) is 4.18. The fourth-order valence-corrected chi connectivity index (χ4v) is 4.95. The summed E-state index contributed by atoms with van der Waals surface area (Å²) in [7, 11) is 0. The van der Waals surface area contributed by atoms with Crippen molar-refractivity contribution in [1.29, 1.82) is 0 Å². The molecule has 0 aliphatic carbocycles. The maximum atomic E-state index is 13.2. The zero-order valence-corrected chi connectivity index (χ0v) is 19.5. The minimum absolute atomic E-state index is 0.0628. The fourth-order valence-electron chi connectivity index (χ4n) is 4.95. The molecule has 0 saturated carbocycles. The van der Waals surface area contributed by atoms with Gasteiger partial charge in [0, 0.05) is 56.4 Å². The van der Waals surface area contributed by atoms with Crippen molar-refractivity contribution in [2.45, 2.75) is 19.8 Å². The van der Waals surface area contributed by atoms with Crippen LogP contribution in [0.15, 0.2) is 60.7 Å². The summed E-state index contributed by atoms with van der Waals surface area (Å²) in [5, 5.41) is 8.93. The highest BCUT2D eigenvalue weighted by Crippen LogP contribution is 2.26. The molecule has 0 spiro atoms. The standard InChI is InChI=1S/C27H30FN5O/c1-20-4-2-3-5-24(20)25-10-11-26(30-29-25)32-14-12-21(13-15-32)27(34)33-18-16-31(17-19-33)23-8-6-22(28)7-9-23/h2-11,21H,12-19H2,1H3. The fraction of sp³-hybridized carbons (Fsp3) is 0.370. The van der Waals surface area contributed by atoms with Crippen molar-refractivity contribution in [2.24, 2.45) is 5.92 Å². The molecule has 0 atom stereocenters. The highest BCUT2D eigenvalue weighted by atomic mass is 19.1. The highest BCUT2D eigenvalue weighted by Gasteiger charge is 2.31. The maximum absolute atomic E-state index is 13.2. The Morgan fingerprint density at radius 2 is 1.53 bits per heavy atom. The van der Waals surface area contributed by atoms with Gasteiger partial charge in [-0.1, -0.05) is 24.3 Å². The van der Waals surface area contributed by atoms with Crippen LogP contribution in [0.5, 0.6) is 0 Å². The lowest BCUT2D eigenvalue weighted by atomic mass is 9.95.